The van der Waals surface area contributed by atoms with Crippen LogP contribution in [0.15, 0.2) is 41.8 Å². The highest BCUT2D eigenvalue weighted by Crippen LogP contribution is 2.24. The van der Waals surface area contributed by atoms with Crippen LogP contribution in [0.5, 0.6) is 0 Å². The van der Waals surface area contributed by atoms with Crippen LogP contribution in [-0.2, 0) is 4.79 Å². The zero-order valence-electron chi connectivity index (χ0n) is 18.4. The van der Waals surface area contributed by atoms with Gasteiger partial charge in [-0.3, -0.25) is 14.4 Å². The second-order valence-corrected chi connectivity index (χ2v) is 9.19. The largest absolute Gasteiger partial charge is 0.352 e. The molecule has 0 saturated carbocycles. The van der Waals surface area contributed by atoms with E-state index in [1.54, 1.807) is 12.1 Å². The van der Waals surface area contributed by atoms with Gasteiger partial charge < -0.3 is 15.5 Å². The Hall–Kier alpha value is -2.67. The first kappa shape index (κ1) is 23.0. The molecule has 31 heavy (non-hydrogen) atoms. The number of rotatable bonds is 7. The first-order chi connectivity index (χ1) is 14.9. The third kappa shape index (κ3) is 5.94. The summed E-state index contributed by atoms with van der Waals surface area (Å²) >= 11 is 1.44. The monoisotopic (exact) mass is 441 g/mol. The second kappa shape index (κ2) is 10.6. The van der Waals surface area contributed by atoms with Gasteiger partial charge >= 0.3 is 0 Å². The molecule has 2 atom stereocenters. The maximum atomic E-state index is 13.0. The number of nitrogens with one attached hydrogen (secondary N) is 2. The average Bonchev–Trinajstić information content (AvgIpc) is 3.32. The van der Waals surface area contributed by atoms with Crippen molar-refractivity contribution in [3.05, 3.63) is 57.8 Å². The number of hydrogen-bond donors (Lipinski definition) is 2. The van der Waals surface area contributed by atoms with Gasteiger partial charge in [-0.15, -0.1) is 11.3 Å². The second-order valence-electron chi connectivity index (χ2n) is 8.24. The van der Waals surface area contributed by atoms with Crippen molar-refractivity contribution in [3.8, 4) is 0 Å². The van der Waals surface area contributed by atoms with Crippen LogP contribution in [-0.4, -0.2) is 47.8 Å². The van der Waals surface area contributed by atoms with E-state index in [9.17, 15) is 14.4 Å². The molecule has 0 radical (unpaired) electrons. The van der Waals surface area contributed by atoms with Crippen LogP contribution in [0.4, 0.5) is 0 Å². The van der Waals surface area contributed by atoms with E-state index in [1.165, 1.54) is 11.3 Å². The molecular formula is C24H31N3O3S. The topological polar surface area (TPSA) is 78.5 Å². The number of thiophene rings is 1. The molecule has 1 aliphatic rings. The lowest BCUT2D eigenvalue weighted by atomic mass is 9.88. The van der Waals surface area contributed by atoms with Crippen molar-refractivity contribution in [2.75, 3.05) is 13.1 Å². The van der Waals surface area contributed by atoms with Gasteiger partial charge in [0.1, 0.15) is 6.04 Å². The van der Waals surface area contributed by atoms with E-state index in [4.69, 9.17) is 0 Å². The summed E-state index contributed by atoms with van der Waals surface area (Å²) in [6.07, 6.45) is 2.16. The van der Waals surface area contributed by atoms with Crippen molar-refractivity contribution in [1.29, 1.82) is 0 Å². The van der Waals surface area contributed by atoms with Crippen LogP contribution in [0.1, 0.15) is 58.7 Å². The fourth-order valence-corrected chi connectivity index (χ4v) is 4.44. The molecule has 166 valence electrons. The van der Waals surface area contributed by atoms with E-state index in [0.717, 1.165) is 16.9 Å². The summed E-state index contributed by atoms with van der Waals surface area (Å²) in [4.78, 5) is 41.1. The summed E-state index contributed by atoms with van der Waals surface area (Å²) in [6.45, 7) is 7.09. The van der Waals surface area contributed by atoms with Crippen LogP contribution < -0.4 is 10.6 Å². The summed E-state index contributed by atoms with van der Waals surface area (Å²) < 4.78 is 0. The molecule has 0 spiro atoms. The number of benzene rings is 1. The van der Waals surface area contributed by atoms with E-state index in [-0.39, 0.29) is 29.7 Å². The fourth-order valence-electron chi connectivity index (χ4n) is 3.75. The van der Waals surface area contributed by atoms with Crippen LogP contribution in [0.25, 0.3) is 0 Å². The predicted octanol–water partition coefficient (Wildman–Crippen LogP) is 3.62. The molecule has 1 fully saturated rings. The fraction of sp³-hybridized carbons (Fsp3) is 0.458. The molecule has 1 aromatic carbocycles. The smallest absolute Gasteiger partial charge is 0.263 e. The number of piperidine rings is 1. The Morgan fingerprint density at radius 1 is 1.10 bits per heavy atom. The Bertz CT molecular complexity index is 887. The molecule has 0 unspecified atom stereocenters. The van der Waals surface area contributed by atoms with Crippen LogP contribution in [0.3, 0.4) is 0 Å². The number of carbonyl (C=O) groups is 3. The molecule has 2 heterocycles. The Labute approximate surface area is 188 Å². The number of hydrogen-bond acceptors (Lipinski definition) is 4. The van der Waals surface area contributed by atoms with Gasteiger partial charge in [0.2, 0.25) is 5.91 Å². The zero-order valence-corrected chi connectivity index (χ0v) is 19.2. The molecular weight excluding hydrogens is 410 g/mol. The van der Waals surface area contributed by atoms with Gasteiger partial charge in [0, 0.05) is 24.7 Å². The van der Waals surface area contributed by atoms with Gasteiger partial charge in [-0.1, -0.05) is 30.7 Å². The van der Waals surface area contributed by atoms with Crippen LogP contribution >= 0.6 is 11.3 Å². The van der Waals surface area contributed by atoms with Gasteiger partial charge in [-0.25, -0.2) is 0 Å². The van der Waals surface area contributed by atoms with Crippen molar-refractivity contribution in [2.24, 2.45) is 5.92 Å². The van der Waals surface area contributed by atoms with Crippen molar-refractivity contribution < 1.29 is 14.4 Å². The highest BCUT2D eigenvalue weighted by Gasteiger charge is 2.34. The van der Waals surface area contributed by atoms with E-state index >= 15 is 0 Å². The minimum atomic E-state index is -0.623. The highest BCUT2D eigenvalue weighted by molar-refractivity contribution is 7.12. The molecule has 2 N–H and O–H groups in total. The van der Waals surface area contributed by atoms with Gasteiger partial charge in [0.25, 0.3) is 11.8 Å². The maximum absolute atomic E-state index is 13.0. The van der Waals surface area contributed by atoms with Crippen molar-refractivity contribution in [2.45, 2.75) is 52.1 Å². The maximum Gasteiger partial charge on any atom is 0.263 e. The van der Waals surface area contributed by atoms with Gasteiger partial charge in [-0.2, -0.15) is 0 Å². The third-order valence-corrected chi connectivity index (χ3v) is 6.77. The summed E-state index contributed by atoms with van der Waals surface area (Å²) in [5.41, 5.74) is 1.61. The standard InChI is InChI=1S/C24H31N3O3S/c1-4-17(3)25-23(29)21(26-22(28)19-9-7-16(2)8-10-19)18-11-13-27(14-12-18)24(30)20-6-5-15-31-20/h5-10,15,17-18,21H,4,11-14H2,1-3H3,(H,25,29)(H,26,28)/t17-,21-/m0/s1. The molecule has 3 rings (SSSR count). The molecule has 1 aliphatic heterocycles. The van der Waals surface area contributed by atoms with Crippen molar-refractivity contribution in [3.63, 3.8) is 0 Å². The molecule has 7 heteroatoms. The first-order valence-corrected chi connectivity index (χ1v) is 11.8. The van der Waals surface area contributed by atoms with Crippen molar-refractivity contribution in [1.82, 2.24) is 15.5 Å². The Kier molecular flexibility index (Phi) is 7.85. The molecule has 1 aromatic heterocycles. The van der Waals surface area contributed by atoms with Gasteiger partial charge in [-0.05, 0) is 62.6 Å². The quantitative estimate of drug-likeness (QED) is 0.689. The molecule has 6 nitrogen and oxygen atoms in total. The number of nitrogens with zero attached hydrogens (tertiary/aromatic N) is 1. The lowest BCUT2D eigenvalue weighted by molar-refractivity contribution is -0.125. The molecule has 3 amide bonds. The third-order valence-electron chi connectivity index (χ3n) is 5.91. The molecule has 0 bridgehead atoms. The molecule has 1 saturated heterocycles. The lowest BCUT2D eigenvalue weighted by Crippen LogP contribution is -2.55. The Balaban J connectivity index is 1.69. The lowest BCUT2D eigenvalue weighted by Gasteiger charge is -2.36. The van der Waals surface area contributed by atoms with Crippen LogP contribution in [0.2, 0.25) is 0 Å². The number of aryl methyl sites for hydroxylation is 1. The summed E-state index contributed by atoms with van der Waals surface area (Å²) in [7, 11) is 0. The highest BCUT2D eigenvalue weighted by atomic mass is 32.1. The number of amides is 3. The van der Waals surface area contributed by atoms with Crippen LogP contribution in [0, 0.1) is 12.8 Å². The minimum Gasteiger partial charge on any atom is -0.352 e. The molecule has 2 aromatic rings. The summed E-state index contributed by atoms with van der Waals surface area (Å²) in [6, 6.07) is 10.4. The normalized spacial score (nSPS) is 16.4. The van der Waals surface area contributed by atoms with Gasteiger partial charge in [0.15, 0.2) is 0 Å². The zero-order chi connectivity index (χ0) is 22.4. The van der Waals surface area contributed by atoms with Gasteiger partial charge in [0.05, 0.1) is 4.88 Å². The van der Waals surface area contributed by atoms with E-state index < -0.39 is 6.04 Å². The number of carbonyl (C=O) groups excluding carboxylic acids is 3. The minimum absolute atomic E-state index is 0.0224. The Morgan fingerprint density at radius 2 is 1.77 bits per heavy atom. The van der Waals surface area contributed by atoms with E-state index in [1.807, 2.05) is 55.3 Å². The summed E-state index contributed by atoms with van der Waals surface area (Å²) in [5, 5.41) is 7.89. The molecule has 0 aliphatic carbocycles. The Morgan fingerprint density at radius 3 is 2.35 bits per heavy atom. The predicted molar refractivity (Wildman–Crippen MR) is 123 cm³/mol. The summed E-state index contributed by atoms with van der Waals surface area (Å²) in [5.74, 6) is -0.386. The number of likely N-dealkylation sites (tertiary alicyclic amines) is 1. The van der Waals surface area contributed by atoms with E-state index in [2.05, 4.69) is 10.6 Å². The first-order valence-electron chi connectivity index (χ1n) is 10.9. The average molecular weight is 442 g/mol. The van der Waals surface area contributed by atoms with Crippen molar-refractivity contribution >= 4 is 29.1 Å². The SMILES string of the molecule is CC[C@H](C)NC(=O)[C@@H](NC(=O)c1ccc(C)cc1)C1CCN(C(=O)c2cccs2)CC1. The van der Waals surface area contributed by atoms with E-state index in [0.29, 0.717) is 31.5 Å².